The maximum atomic E-state index is 14.7. The Hall–Kier alpha value is -4.28. The molecule has 2 aromatic carbocycles. The van der Waals surface area contributed by atoms with Crippen LogP contribution in [-0.2, 0) is 19.1 Å². The van der Waals surface area contributed by atoms with Gasteiger partial charge in [-0.1, -0.05) is 57.2 Å². The number of amides is 1. The van der Waals surface area contributed by atoms with Gasteiger partial charge in [0.25, 0.3) is 5.91 Å². The van der Waals surface area contributed by atoms with E-state index in [9.17, 15) is 29.4 Å². The minimum atomic E-state index is -2.30. The Morgan fingerprint density at radius 2 is 1.72 bits per heavy atom. The lowest BCUT2D eigenvalue weighted by Crippen LogP contribution is -2.65. The van der Waals surface area contributed by atoms with E-state index in [2.05, 4.69) is 19.2 Å². The van der Waals surface area contributed by atoms with Crippen molar-refractivity contribution in [3.8, 4) is 0 Å². The summed E-state index contributed by atoms with van der Waals surface area (Å²) in [4.78, 5) is 53.5. The van der Waals surface area contributed by atoms with Crippen LogP contribution in [0.2, 0.25) is 0 Å². The number of allylic oxidation sites excluding steroid dienone is 1. The quantitative estimate of drug-likeness (QED) is 0.210. The largest absolute Gasteiger partial charge is 0.461 e. The summed E-state index contributed by atoms with van der Waals surface area (Å²) < 4.78 is 11.3. The van der Waals surface area contributed by atoms with Gasteiger partial charge in [0.15, 0.2) is 17.5 Å². The molecular weight excluding hydrogens is 588 g/mol. The van der Waals surface area contributed by atoms with E-state index in [1.807, 2.05) is 6.92 Å². The van der Waals surface area contributed by atoms with Crippen LogP contribution in [0, 0.1) is 34.5 Å². The van der Waals surface area contributed by atoms with Gasteiger partial charge in [-0.05, 0) is 71.9 Å². The van der Waals surface area contributed by atoms with E-state index < -0.39 is 52.9 Å². The molecule has 0 saturated heterocycles. The summed E-state index contributed by atoms with van der Waals surface area (Å²) in [5.41, 5.74) is 3.21. The lowest BCUT2D eigenvalue weighted by atomic mass is 9.59. The van der Waals surface area contributed by atoms with Crippen molar-refractivity contribution >= 4 is 35.0 Å². The third-order valence-electron chi connectivity index (χ3n) is 11.0. The predicted molar refractivity (Wildman–Crippen MR) is 169 cm³/mol. The number of carbonyl (C=O) groups excluding carboxylic acids is 4. The number of nitrogen functional groups attached to an aromatic ring is 1. The van der Waals surface area contributed by atoms with Gasteiger partial charge in [-0.15, -0.1) is 0 Å². The van der Waals surface area contributed by atoms with Crippen LogP contribution in [0.3, 0.4) is 0 Å². The normalized spacial score (nSPS) is 33.7. The summed E-state index contributed by atoms with van der Waals surface area (Å²) >= 11 is 0. The fraction of sp³-hybridized carbons (Fsp3) is 0.444. The highest BCUT2D eigenvalue weighted by molar-refractivity contribution is 6.10. The number of aliphatic hydroxyl groups excluding tert-OH is 1. The molecule has 0 radical (unpaired) electrons. The highest BCUT2D eigenvalue weighted by Gasteiger charge is 2.76. The van der Waals surface area contributed by atoms with E-state index in [0.29, 0.717) is 12.0 Å². The zero-order chi connectivity index (χ0) is 33.3. The van der Waals surface area contributed by atoms with Crippen molar-refractivity contribution in [3.05, 3.63) is 83.0 Å². The number of Topliss-reactive ketones (excluding diaryl/α,β-unsaturated/α-hetero) is 1. The predicted octanol–water partition coefficient (Wildman–Crippen LogP) is 4.09. The Morgan fingerprint density at radius 3 is 2.39 bits per heavy atom. The molecule has 2 aromatic rings. The second-order valence-electron chi connectivity index (χ2n) is 13.9. The number of ether oxygens (including phenoxy) is 2. The molecule has 0 aromatic heterocycles. The Labute approximate surface area is 267 Å². The van der Waals surface area contributed by atoms with Gasteiger partial charge >= 0.3 is 11.9 Å². The Morgan fingerprint density at radius 1 is 1.07 bits per heavy atom. The first kappa shape index (κ1) is 31.7. The zero-order valence-corrected chi connectivity index (χ0v) is 26.6. The third-order valence-corrected chi connectivity index (χ3v) is 11.0. The van der Waals surface area contributed by atoms with E-state index in [0.717, 1.165) is 0 Å². The number of esters is 2. The average Bonchev–Trinajstić information content (AvgIpc) is 3.49. The SMILES string of the molecule is CC(=O)OCC1=C[C@@H]2C(=O)[C@]3(C=C(C)[C@H](OC(=O)c4ccccc4NC(=O)c4ccccc4N)[C@@]3(O)[C@@H]1O)[C@H](C)C[C@@H]1[C@H]2C1(C)C. The fourth-order valence-electron chi connectivity index (χ4n) is 8.60. The van der Waals surface area contributed by atoms with Crippen molar-refractivity contribution in [2.24, 2.45) is 34.5 Å². The Bertz CT molecular complexity index is 1710. The van der Waals surface area contributed by atoms with Crippen LogP contribution in [0.5, 0.6) is 0 Å². The molecule has 10 heteroatoms. The molecule has 0 heterocycles. The topological polar surface area (TPSA) is 165 Å². The highest BCUT2D eigenvalue weighted by Crippen LogP contribution is 2.71. The second-order valence-corrected chi connectivity index (χ2v) is 13.9. The molecule has 4 aliphatic rings. The minimum absolute atomic E-state index is 0.00241. The first-order valence-electron chi connectivity index (χ1n) is 15.6. The van der Waals surface area contributed by atoms with Crippen molar-refractivity contribution in [2.45, 2.75) is 58.8 Å². The molecule has 6 rings (SSSR count). The second kappa shape index (κ2) is 10.9. The van der Waals surface area contributed by atoms with Crippen molar-refractivity contribution < 1.29 is 38.9 Å². The van der Waals surface area contributed by atoms with Gasteiger partial charge in [-0.2, -0.15) is 0 Å². The first-order valence-corrected chi connectivity index (χ1v) is 15.6. The number of fused-ring (bicyclic) bond motifs is 3. The van der Waals surface area contributed by atoms with Crippen LogP contribution < -0.4 is 11.1 Å². The monoisotopic (exact) mass is 628 g/mol. The molecule has 10 nitrogen and oxygen atoms in total. The number of nitrogens with one attached hydrogen (secondary N) is 1. The molecule has 5 N–H and O–H groups in total. The molecule has 2 bridgehead atoms. The van der Waals surface area contributed by atoms with E-state index in [1.54, 1.807) is 55.5 Å². The molecule has 8 atom stereocenters. The number of ketones is 1. The minimum Gasteiger partial charge on any atom is -0.461 e. The van der Waals surface area contributed by atoms with Crippen molar-refractivity contribution in [2.75, 3.05) is 17.7 Å². The van der Waals surface area contributed by atoms with Crippen LogP contribution in [-0.4, -0.2) is 58.3 Å². The number of hydrogen-bond acceptors (Lipinski definition) is 9. The summed E-state index contributed by atoms with van der Waals surface area (Å²) in [5, 5.41) is 27.6. The molecule has 4 aliphatic carbocycles. The summed E-state index contributed by atoms with van der Waals surface area (Å²) in [6.45, 7) is 8.71. The number of rotatable bonds is 6. The molecule has 1 amide bonds. The smallest absolute Gasteiger partial charge is 0.340 e. The van der Waals surface area contributed by atoms with Crippen molar-refractivity contribution in [1.82, 2.24) is 0 Å². The van der Waals surface area contributed by atoms with Crippen molar-refractivity contribution in [3.63, 3.8) is 0 Å². The molecule has 0 aliphatic heterocycles. The van der Waals surface area contributed by atoms with Crippen LogP contribution in [0.15, 0.2) is 71.8 Å². The zero-order valence-electron chi connectivity index (χ0n) is 26.6. The molecule has 0 unspecified atom stereocenters. The molecule has 1 spiro atoms. The van der Waals surface area contributed by atoms with E-state index in [1.165, 1.54) is 19.1 Å². The van der Waals surface area contributed by atoms with E-state index in [4.69, 9.17) is 15.2 Å². The number of aliphatic hydroxyl groups is 2. The lowest BCUT2D eigenvalue weighted by molar-refractivity contribution is -0.191. The van der Waals surface area contributed by atoms with E-state index >= 15 is 0 Å². The van der Waals surface area contributed by atoms with Crippen molar-refractivity contribution in [1.29, 1.82) is 0 Å². The van der Waals surface area contributed by atoms with Crippen LogP contribution in [0.4, 0.5) is 11.4 Å². The fourth-order valence-corrected chi connectivity index (χ4v) is 8.60. The number of anilines is 2. The van der Waals surface area contributed by atoms with Gasteiger partial charge in [0.1, 0.15) is 12.7 Å². The number of nitrogens with two attached hydrogens (primary N) is 1. The van der Waals surface area contributed by atoms with Gasteiger partial charge in [-0.3, -0.25) is 14.4 Å². The maximum absolute atomic E-state index is 14.7. The van der Waals surface area contributed by atoms with Gasteiger partial charge in [-0.25, -0.2) is 4.79 Å². The number of para-hydroxylation sites is 2. The van der Waals surface area contributed by atoms with Crippen LogP contribution >= 0.6 is 0 Å². The Balaban J connectivity index is 1.38. The molecule has 242 valence electrons. The van der Waals surface area contributed by atoms with Gasteiger partial charge < -0.3 is 30.7 Å². The lowest BCUT2D eigenvalue weighted by Gasteiger charge is -2.48. The molecular formula is C36H40N2O8. The number of hydrogen-bond donors (Lipinski definition) is 4. The molecule has 2 fully saturated rings. The van der Waals surface area contributed by atoms with E-state index in [-0.39, 0.29) is 57.7 Å². The molecule has 46 heavy (non-hydrogen) atoms. The summed E-state index contributed by atoms with van der Waals surface area (Å²) in [7, 11) is 0. The first-order chi connectivity index (χ1) is 21.7. The van der Waals surface area contributed by atoms with Crippen LogP contribution in [0.25, 0.3) is 0 Å². The number of carbonyl (C=O) groups is 4. The Kier molecular flexibility index (Phi) is 7.52. The summed E-state index contributed by atoms with van der Waals surface area (Å²) in [6.07, 6.45) is 0.839. The van der Waals surface area contributed by atoms with Gasteiger partial charge in [0.05, 0.1) is 22.2 Å². The summed E-state index contributed by atoms with van der Waals surface area (Å²) in [6, 6.07) is 12.8. The van der Waals surface area contributed by atoms with Crippen LogP contribution in [0.1, 0.15) is 61.8 Å². The highest BCUT2D eigenvalue weighted by atomic mass is 16.6. The summed E-state index contributed by atoms with van der Waals surface area (Å²) in [5.74, 6) is -3.11. The van der Waals surface area contributed by atoms with Gasteiger partial charge in [0, 0.05) is 18.5 Å². The maximum Gasteiger partial charge on any atom is 0.340 e. The average molecular weight is 629 g/mol. The van der Waals surface area contributed by atoms with Gasteiger partial charge in [0.2, 0.25) is 0 Å². The number of benzene rings is 2. The third kappa shape index (κ3) is 4.52. The molecule has 2 saturated carbocycles. The standard InChI is InChI=1S/C36H40N2O8/c1-18-16-35-19(2)14-25-28(34(25,4)5)24(30(35)41)15-21(17-45-20(3)39)29(40)36(35,44)31(18)46-33(43)23-11-7-9-13-27(23)38-32(42)22-10-6-8-12-26(22)37/h6-13,15-16,19,24-25,28-29,31,40,44H,14,17,37H2,1-5H3,(H,38,42)/t19-,24+,25-,28+,29-,31+,35+,36+/m1/s1.